The maximum Gasteiger partial charge on any atom is 0.326 e. The van der Waals surface area contributed by atoms with E-state index in [4.69, 9.17) is 0 Å². The molecule has 1 aliphatic rings. The Morgan fingerprint density at radius 1 is 1.31 bits per heavy atom. The minimum atomic E-state index is -0.152. The van der Waals surface area contributed by atoms with Gasteiger partial charge in [-0.15, -0.1) is 0 Å². The molecule has 0 saturated carbocycles. The molecule has 0 aromatic heterocycles. The molecule has 0 unspecified atom stereocenters. The second-order valence-corrected chi connectivity index (χ2v) is 3.36. The lowest BCUT2D eigenvalue weighted by Gasteiger charge is -2.13. The molecule has 0 spiro atoms. The van der Waals surface area contributed by atoms with E-state index in [1.807, 2.05) is 0 Å². The summed E-state index contributed by atoms with van der Waals surface area (Å²) in [6.07, 6.45) is 3.23. The predicted molar refractivity (Wildman–Crippen MR) is 49.3 cm³/mol. The first-order valence-electron chi connectivity index (χ1n) is 4.72. The van der Waals surface area contributed by atoms with Crippen molar-refractivity contribution in [3.8, 4) is 0 Å². The summed E-state index contributed by atoms with van der Waals surface area (Å²) in [6.45, 7) is 3.09. The maximum atomic E-state index is 11.3. The Bertz CT molecular complexity index is 216. The van der Waals surface area contributed by atoms with Gasteiger partial charge in [0.05, 0.1) is 0 Å². The lowest BCUT2D eigenvalue weighted by Crippen LogP contribution is -2.30. The molecule has 0 aliphatic carbocycles. The average Bonchev–Trinajstić information content (AvgIpc) is 2.34. The number of rotatable bonds is 4. The van der Waals surface area contributed by atoms with Gasteiger partial charge in [0.1, 0.15) is 6.54 Å². The smallest absolute Gasteiger partial charge is 0.315 e. The first kappa shape index (κ1) is 10.0. The highest BCUT2D eigenvalue weighted by Gasteiger charge is 2.31. The Morgan fingerprint density at radius 3 is 2.46 bits per heavy atom. The Hall–Kier alpha value is -1.06. The van der Waals surface area contributed by atoms with Crippen molar-refractivity contribution in [3.05, 3.63) is 0 Å². The second-order valence-electron chi connectivity index (χ2n) is 3.36. The van der Waals surface area contributed by atoms with Crippen LogP contribution in [0.2, 0.25) is 0 Å². The molecular weight excluding hydrogens is 168 g/mol. The highest BCUT2D eigenvalue weighted by Crippen LogP contribution is 2.09. The number of nitrogens with zero attached hydrogens (tertiary/aromatic N) is 2. The molecule has 1 aliphatic heterocycles. The molecule has 3 amide bonds. The Labute approximate surface area is 78.5 Å². The van der Waals surface area contributed by atoms with E-state index < -0.39 is 0 Å². The molecule has 0 atom stereocenters. The number of likely N-dealkylation sites (N-methyl/N-ethyl adjacent to an activating group) is 1. The van der Waals surface area contributed by atoms with Crippen LogP contribution < -0.4 is 0 Å². The third kappa shape index (κ3) is 2.20. The Morgan fingerprint density at radius 2 is 2.00 bits per heavy atom. The zero-order valence-electron chi connectivity index (χ0n) is 8.25. The number of urea groups is 1. The van der Waals surface area contributed by atoms with Crippen LogP contribution in [0.5, 0.6) is 0 Å². The van der Waals surface area contributed by atoms with Gasteiger partial charge in [-0.3, -0.25) is 9.69 Å². The molecule has 0 N–H and O–H groups in total. The van der Waals surface area contributed by atoms with E-state index in [0.717, 1.165) is 19.3 Å². The van der Waals surface area contributed by atoms with Crippen LogP contribution in [0.3, 0.4) is 0 Å². The molecule has 0 radical (unpaired) electrons. The Balaban J connectivity index is 2.36. The monoisotopic (exact) mass is 184 g/mol. The quantitative estimate of drug-likeness (QED) is 0.484. The fourth-order valence-electron chi connectivity index (χ4n) is 1.38. The van der Waals surface area contributed by atoms with Gasteiger partial charge in [-0.25, -0.2) is 4.79 Å². The van der Waals surface area contributed by atoms with Crippen LogP contribution in [0.25, 0.3) is 0 Å². The molecule has 1 fully saturated rings. The molecule has 1 heterocycles. The highest BCUT2D eigenvalue weighted by molar-refractivity contribution is 6.01. The largest absolute Gasteiger partial charge is 0.326 e. The summed E-state index contributed by atoms with van der Waals surface area (Å²) in [6, 6.07) is -0.152. The lowest BCUT2D eigenvalue weighted by molar-refractivity contribution is -0.124. The van der Waals surface area contributed by atoms with Crippen LogP contribution in [-0.2, 0) is 4.79 Å². The molecule has 4 nitrogen and oxygen atoms in total. The van der Waals surface area contributed by atoms with Crippen molar-refractivity contribution >= 4 is 11.9 Å². The number of carbonyl (C=O) groups is 2. The number of amides is 3. The van der Waals surface area contributed by atoms with Crippen LogP contribution in [0.1, 0.15) is 26.2 Å². The van der Waals surface area contributed by atoms with E-state index >= 15 is 0 Å². The summed E-state index contributed by atoms with van der Waals surface area (Å²) in [5.74, 6) is -0.0958. The molecule has 13 heavy (non-hydrogen) atoms. The van der Waals surface area contributed by atoms with Gasteiger partial charge >= 0.3 is 6.03 Å². The van der Waals surface area contributed by atoms with Gasteiger partial charge in [-0.05, 0) is 6.42 Å². The normalized spacial score (nSPS) is 17.4. The van der Waals surface area contributed by atoms with Gasteiger partial charge in [0.2, 0.25) is 5.91 Å². The molecule has 0 aromatic rings. The van der Waals surface area contributed by atoms with E-state index in [1.54, 1.807) is 4.90 Å². The third-order valence-corrected chi connectivity index (χ3v) is 2.29. The molecule has 1 rings (SSSR count). The zero-order valence-corrected chi connectivity index (χ0v) is 8.25. The van der Waals surface area contributed by atoms with E-state index in [9.17, 15) is 9.59 Å². The lowest BCUT2D eigenvalue weighted by atomic mass is 10.2. The van der Waals surface area contributed by atoms with Crippen molar-refractivity contribution in [2.24, 2.45) is 0 Å². The molecule has 1 saturated heterocycles. The third-order valence-electron chi connectivity index (χ3n) is 2.29. The van der Waals surface area contributed by atoms with Crippen molar-refractivity contribution in [3.63, 3.8) is 0 Å². The number of hydrogen-bond acceptors (Lipinski definition) is 2. The van der Waals surface area contributed by atoms with Gasteiger partial charge in [0, 0.05) is 13.6 Å². The summed E-state index contributed by atoms with van der Waals surface area (Å²) < 4.78 is 0. The summed E-state index contributed by atoms with van der Waals surface area (Å²) in [7, 11) is 1.53. The van der Waals surface area contributed by atoms with Crippen molar-refractivity contribution in [1.82, 2.24) is 9.80 Å². The molecular formula is C9H16N2O2. The second kappa shape index (κ2) is 4.25. The number of imide groups is 1. The SMILES string of the molecule is CCCCCN1CC(=O)N(C)C1=O. The predicted octanol–water partition coefficient (Wildman–Crippen LogP) is 1.07. The van der Waals surface area contributed by atoms with Crippen LogP contribution in [0.15, 0.2) is 0 Å². The number of unbranched alkanes of at least 4 members (excludes halogenated alkanes) is 2. The van der Waals surface area contributed by atoms with E-state index in [1.165, 1.54) is 11.9 Å². The Kier molecular flexibility index (Phi) is 3.28. The van der Waals surface area contributed by atoms with Gasteiger partial charge in [-0.1, -0.05) is 19.8 Å². The van der Waals surface area contributed by atoms with Gasteiger partial charge in [-0.2, -0.15) is 0 Å². The molecule has 0 aromatic carbocycles. The topological polar surface area (TPSA) is 40.6 Å². The number of carbonyl (C=O) groups excluding carboxylic acids is 2. The summed E-state index contributed by atoms with van der Waals surface area (Å²) in [4.78, 5) is 25.2. The fourth-order valence-corrected chi connectivity index (χ4v) is 1.38. The van der Waals surface area contributed by atoms with Crippen molar-refractivity contribution < 1.29 is 9.59 Å². The van der Waals surface area contributed by atoms with E-state index in [0.29, 0.717) is 6.54 Å². The van der Waals surface area contributed by atoms with Gasteiger partial charge in [0.15, 0.2) is 0 Å². The zero-order chi connectivity index (χ0) is 9.84. The standard InChI is InChI=1S/C9H16N2O2/c1-3-4-5-6-11-7-8(12)10(2)9(11)13/h3-7H2,1-2H3. The van der Waals surface area contributed by atoms with Crippen LogP contribution in [0.4, 0.5) is 4.79 Å². The average molecular weight is 184 g/mol. The molecule has 4 heteroatoms. The summed E-state index contributed by atoms with van der Waals surface area (Å²) in [5.41, 5.74) is 0. The van der Waals surface area contributed by atoms with E-state index in [-0.39, 0.29) is 18.5 Å². The van der Waals surface area contributed by atoms with Crippen LogP contribution in [0, 0.1) is 0 Å². The molecule has 74 valence electrons. The number of hydrogen-bond donors (Lipinski definition) is 0. The van der Waals surface area contributed by atoms with Crippen LogP contribution in [-0.4, -0.2) is 41.9 Å². The van der Waals surface area contributed by atoms with Crippen LogP contribution >= 0.6 is 0 Å². The molecule has 0 bridgehead atoms. The van der Waals surface area contributed by atoms with Crippen molar-refractivity contribution in [1.29, 1.82) is 0 Å². The summed E-state index contributed by atoms with van der Waals surface area (Å²) in [5, 5.41) is 0. The minimum Gasteiger partial charge on any atom is -0.315 e. The fraction of sp³-hybridized carbons (Fsp3) is 0.778. The van der Waals surface area contributed by atoms with Crippen molar-refractivity contribution in [2.75, 3.05) is 20.1 Å². The van der Waals surface area contributed by atoms with Crippen molar-refractivity contribution in [2.45, 2.75) is 26.2 Å². The minimum absolute atomic E-state index is 0.0958. The first-order valence-corrected chi connectivity index (χ1v) is 4.72. The van der Waals surface area contributed by atoms with Gasteiger partial charge < -0.3 is 4.90 Å². The first-order chi connectivity index (χ1) is 6.16. The highest BCUT2D eigenvalue weighted by atomic mass is 16.2. The summed E-state index contributed by atoms with van der Waals surface area (Å²) >= 11 is 0. The van der Waals surface area contributed by atoms with E-state index in [2.05, 4.69) is 6.92 Å². The van der Waals surface area contributed by atoms with Gasteiger partial charge in [0.25, 0.3) is 0 Å². The maximum absolute atomic E-state index is 11.3.